The summed E-state index contributed by atoms with van der Waals surface area (Å²) in [7, 11) is 0. The Balaban J connectivity index is 1.53. The predicted molar refractivity (Wildman–Crippen MR) is 81.6 cm³/mol. The summed E-state index contributed by atoms with van der Waals surface area (Å²) in [6.07, 6.45) is 1.17. The van der Waals surface area contributed by atoms with Crippen molar-refractivity contribution in [3.8, 4) is 0 Å². The minimum atomic E-state index is -0.623. The van der Waals surface area contributed by atoms with Gasteiger partial charge in [-0.25, -0.2) is 4.79 Å². The molecule has 2 atom stereocenters. The summed E-state index contributed by atoms with van der Waals surface area (Å²) in [5.74, 6) is 0.220. The van der Waals surface area contributed by atoms with Gasteiger partial charge in [0.1, 0.15) is 11.8 Å². The molecule has 0 saturated carbocycles. The van der Waals surface area contributed by atoms with Crippen molar-refractivity contribution in [1.82, 2.24) is 10.1 Å². The number of nitrogens with one attached hydrogen (secondary N) is 1. The van der Waals surface area contributed by atoms with Crippen LogP contribution in [-0.2, 0) is 19.1 Å². The molecule has 0 aromatic carbocycles. The Morgan fingerprint density at radius 3 is 3.09 bits per heavy atom. The number of carbonyl (C=O) groups excluding carboxylic acids is 3. The van der Waals surface area contributed by atoms with Gasteiger partial charge in [0, 0.05) is 18.2 Å². The van der Waals surface area contributed by atoms with Crippen LogP contribution in [0, 0.1) is 6.92 Å². The summed E-state index contributed by atoms with van der Waals surface area (Å²) in [5.41, 5.74) is 0. The van der Waals surface area contributed by atoms with Crippen LogP contribution in [0.4, 0.5) is 5.82 Å². The van der Waals surface area contributed by atoms with Crippen molar-refractivity contribution >= 4 is 35.4 Å². The molecule has 3 heterocycles. The van der Waals surface area contributed by atoms with E-state index in [4.69, 9.17) is 9.26 Å². The normalized spacial score (nSPS) is 26.3. The fourth-order valence-electron chi connectivity index (χ4n) is 2.83. The van der Waals surface area contributed by atoms with Crippen LogP contribution in [-0.4, -0.2) is 51.1 Å². The number of aromatic nitrogens is 1. The standard InChI is InChI=1S/C14H17N3O5S/c1-8-5-10(16-22-8)15-11(18)6-21-13(20)9-7-23-14(2)4-3-12(19)17(9)14/h5,9H,3-4,6-7H2,1-2H3,(H,15,16,18). The maximum Gasteiger partial charge on any atom is 0.330 e. The smallest absolute Gasteiger partial charge is 0.330 e. The van der Waals surface area contributed by atoms with Crippen LogP contribution in [0.1, 0.15) is 25.5 Å². The highest BCUT2D eigenvalue weighted by Gasteiger charge is 2.53. The second-order valence-corrected chi connectivity index (χ2v) is 7.25. The molecule has 0 aliphatic carbocycles. The summed E-state index contributed by atoms with van der Waals surface area (Å²) in [6, 6.07) is 0.934. The van der Waals surface area contributed by atoms with Gasteiger partial charge in [-0.1, -0.05) is 5.16 Å². The third kappa shape index (κ3) is 3.05. The topological polar surface area (TPSA) is 102 Å². The average molecular weight is 339 g/mol. The third-order valence-corrected chi connectivity index (χ3v) is 5.46. The molecule has 0 radical (unpaired) electrons. The number of nitrogens with zero attached hydrogens (tertiary/aromatic N) is 2. The zero-order valence-electron chi connectivity index (χ0n) is 12.8. The number of rotatable bonds is 4. The lowest BCUT2D eigenvalue weighted by molar-refractivity contribution is -0.155. The molecule has 0 bridgehead atoms. The first kappa shape index (κ1) is 15.9. The number of ether oxygens (including phenoxy) is 1. The van der Waals surface area contributed by atoms with Gasteiger partial charge in [-0.2, -0.15) is 0 Å². The molecule has 124 valence electrons. The SMILES string of the molecule is Cc1cc(NC(=O)COC(=O)C2CSC3(C)CCC(=O)N23)no1. The monoisotopic (exact) mass is 339 g/mol. The summed E-state index contributed by atoms with van der Waals surface area (Å²) >= 11 is 1.58. The summed E-state index contributed by atoms with van der Waals surface area (Å²) in [6.45, 7) is 3.23. The van der Waals surface area contributed by atoms with E-state index in [2.05, 4.69) is 10.5 Å². The molecule has 3 rings (SSSR count). The second kappa shape index (κ2) is 5.88. The van der Waals surface area contributed by atoms with E-state index in [1.807, 2.05) is 6.92 Å². The number of hydrogen-bond donors (Lipinski definition) is 1. The van der Waals surface area contributed by atoms with E-state index in [0.29, 0.717) is 17.9 Å². The van der Waals surface area contributed by atoms with E-state index in [1.54, 1.807) is 29.7 Å². The summed E-state index contributed by atoms with van der Waals surface area (Å²) in [5, 5.41) is 6.08. The van der Waals surface area contributed by atoms with Crippen molar-refractivity contribution in [2.75, 3.05) is 17.7 Å². The molecule has 1 aromatic rings. The number of carbonyl (C=O) groups is 3. The van der Waals surface area contributed by atoms with Crippen molar-refractivity contribution in [3.63, 3.8) is 0 Å². The fourth-order valence-corrected chi connectivity index (χ4v) is 4.25. The van der Waals surface area contributed by atoms with Gasteiger partial charge in [-0.15, -0.1) is 11.8 Å². The highest BCUT2D eigenvalue weighted by atomic mass is 32.2. The number of fused-ring (bicyclic) bond motifs is 1. The molecule has 2 unspecified atom stereocenters. The minimum Gasteiger partial charge on any atom is -0.454 e. The predicted octanol–water partition coefficient (Wildman–Crippen LogP) is 0.919. The van der Waals surface area contributed by atoms with Gasteiger partial charge >= 0.3 is 5.97 Å². The molecule has 9 heteroatoms. The van der Waals surface area contributed by atoms with Gasteiger partial charge in [-0.3, -0.25) is 9.59 Å². The zero-order valence-corrected chi connectivity index (χ0v) is 13.6. The van der Waals surface area contributed by atoms with Crippen molar-refractivity contribution in [3.05, 3.63) is 11.8 Å². The Kier molecular flexibility index (Phi) is 4.05. The van der Waals surface area contributed by atoms with Crippen LogP contribution in [0.25, 0.3) is 0 Å². The molecular weight excluding hydrogens is 322 g/mol. The molecule has 2 amide bonds. The molecule has 0 spiro atoms. The number of thioether (sulfide) groups is 1. The van der Waals surface area contributed by atoms with Crippen LogP contribution in [0.3, 0.4) is 0 Å². The van der Waals surface area contributed by atoms with Gasteiger partial charge in [0.25, 0.3) is 5.91 Å². The molecule has 2 fully saturated rings. The van der Waals surface area contributed by atoms with E-state index in [0.717, 1.165) is 6.42 Å². The first-order valence-electron chi connectivity index (χ1n) is 7.25. The Morgan fingerprint density at radius 1 is 1.61 bits per heavy atom. The molecule has 1 aromatic heterocycles. The zero-order chi connectivity index (χ0) is 16.6. The lowest BCUT2D eigenvalue weighted by Crippen LogP contribution is -2.47. The quantitative estimate of drug-likeness (QED) is 0.814. The van der Waals surface area contributed by atoms with Crippen LogP contribution in [0.5, 0.6) is 0 Å². The second-order valence-electron chi connectivity index (χ2n) is 5.74. The van der Waals surface area contributed by atoms with Crippen molar-refractivity contribution in [1.29, 1.82) is 0 Å². The molecule has 1 N–H and O–H groups in total. The van der Waals surface area contributed by atoms with E-state index >= 15 is 0 Å². The van der Waals surface area contributed by atoms with Crippen molar-refractivity contribution in [2.45, 2.75) is 37.6 Å². The van der Waals surface area contributed by atoms with Crippen LogP contribution in [0.2, 0.25) is 0 Å². The largest absolute Gasteiger partial charge is 0.454 e. The van der Waals surface area contributed by atoms with Gasteiger partial charge in [0.15, 0.2) is 12.4 Å². The summed E-state index contributed by atoms with van der Waals surface area (Å²) in [4.78, 5) is 37.2. The van der Waals surface area contributed by atoms with Crippen molar-refractivity contribution < 1.29 is 23.6 Å². The Bertz CT molecular complexity index is 661. The number of amides is 2. The average Bonchev–Trinajstić information content (AvgIpc) is 3.13. The highest BCUT2D eigenvalue weighted by molar-refractivity contribution is 8.01. The van der Waals surface area contributed by atoms with Crippen LogP contribution in [0.15, 0.2) is 10.6 Å². The van der Waals surface area contributed by atoms with Gasteiger partial charge in [0.2, 0.25) is 5.91 Å². The molecule has 2 aliphatic rings. The molecule has 8 nitrogen and oxygen atoms in total. The lowest BCUT2D eigenvalue weighted by atomic mass is 10.2. The van der Waals surface area contributed by atoms with E-state index in [1.165, 1.54) is 0 Å². The maximum atomic E-state index is 12.2. The number of esters is 1. The van der Waals surface area contributed by atoms with E-state index in [9.17, 15) is 14.4 Å². The van der Waals surface area contributed by atoms with E-state index < -0.39 is 24.5 Å². The lowest BCUT2D eigenvalue weighted by Gasteiger charge is -2.29. The Hall–Kier alpha value is -2.03. The number of hydrogen-bond acceptors (Lipinski definition) is 7. The fraction of sp³-hybridized carbons (Fsp3) is 0.571. The third-order valence-electron chi connectivity index (χ3n) is 3.96. The van der Waals surface area contributed by atoms with Gasteiger partial charge in [-0.05, 0) is 20.3 Å². The first-order valence-corrected chi connectivity index (χ1v) is 8.23. The molecule has 2 saturated heterocycles. The molecular formula is C14H17N3O5S. The minimum absolute atomic E-state index is 0.0398. The Labute approximate surface area is 136 Å². The van der Waals surface area contributed by atoms with Gasteiger partial charge in [0.05, 0.1) is 4.87 Å². The molecule has 2 aliphatic heterocycles. The van der Waals surface area contributed by atoms with Crippen LogP contribution >= 0.6 is 11.8 Å². The van der Waals surface area contributed by atoms with Crippen LogP contribution < -0.4 is 5.32 Å². The van der Waals surface area contributed by atoms with E-state index in [-0.39, 0.29) is 16.6 Å². The summed E-state index contributed by atoms with van der Waals surface area (Å²) < 4.78 is 9.87. The molecule has 23 heavy (non-hydrogen) atoms. The highest BCUT2D eigenvalue weighted by Crippen LogP contribution is 2.47. The van der Waals surface area contributed by atoms with Gasteiger partial charge < -0.3 is 19.5 Å². The number of anilines is 1. The maximum absolute atomic E-state index is 12.2. The number of aryl methyl sites for hydroxylation is 1. The first-order chi connectivity index (χ1) is 10.9. The van der Waals surface area contributed by atoms with Crippen molar-refractivity contribution in [2.24, 2.45) is 0 Å². The Morgan fingerprint density at radius 2 is 2.39 bits per heavy atom.